The molecule has 128 valence electrons. The van der Waals surface area contributed by atoms with Gasteiger partial charge in [0.25, 0.3) is 0 Å². The summed E-state index contributed by atoms with van der Waals surface area (Å²) in [6, 6.07) is 6.19. The van der Waals surface area contributed by atoms with E-state index in [1.54, 1.807) is 0 Å². The highest BCUT2D eigenvalue weighted by Gasteiger charge is 2.20. The van der Waals surface area contributed by atoms with Crippen molar-refractivity contribution in [2.75, 3.05) is 19.7 Å². The standard InChI is InChI=1S/C19H30N2O2/c1-14(2)8-11-23-18-12-15(3)4-5-17(18)13-21-19(22)16-6-9-20-10-7-16/h4-5,12,14,16,20H,6-11,13H2,1-3H3,(H,21,22). The van der Waals surface area contributed by atoms with Crippen LogP contribution < -0.4 is 15.4 Å². The summed E-state index contributed by atoms with van der Waals surface area (Å²) >= 11 is 0. The van der Waals surface area contributed by atoms with Gasteiger partial charge < -0.3 is 15.4 Å². The minimum absolute atomic E-state index is 0.145. The van der Waals surface area contributed by atoms with Crippen molar-refractivity contribution in [3.63, 3.8) is 0 Å². The van der Waals surface area contributed by atoms with Gasteiger partial charge in [-0.05, 0) is 56.8 Å². The Morgan fingerprint density at radius 3 is 2.78 bits per heavy atom. The monoisotopic (exact) mass is 318 g/mol. The maximum absolute atomic E-state index is 12.3. The smallest absolute Gasteiger partial charge is 0.223 e. The van der Waals surface area contributed by atoms with Gasteiger partial charge in [0.05, 0.1) is 6.61 Å². The number of carbonyl (C=O) groups is 1. The Morgan fingerprint density at radius 1 is 1.35 bits per heavy atom. The van der Waals surface area contributed by atoms with Crippen LogP contribution in [0.5, 0.6) is 5.75 Å². The Kier molecular flexibility index (Phi) is 6.90. The van der Waals surface area contributed by atoms with Gasteiger partial charge in [0.15, 0.2) is 0 Å². The molecule has 1 fully saturated rings. The predicted octanol–water partition coefficient (Wildman–Crippen LogP) is 3.04. The lowest BCUT2D eigenvalue weighted by Gasteiger charge is -2.22. The number of carbonyl (C=O) groups excluding carboxylic acids is 1. The largest absolute Gasteiger partial charge is 0.493 e. The van der Waals surface area contributed by atoms with Crippen molar-refractivity contribution in [3.8, 4) is 5.75 Å². The van der Waals surface area contributed by atoms with Crippen LogP contribution in [0.15, 0.2) is 18.2 Å². The average molecular weight is 318 g/mol. The highest BCUT2D eigenvalue weighted by Crippen LogP contribution is 2.21. The molecule has 1 aromatic rings. The van der Waals surface area contributed by atoms with E-state index in [-0.39, 0.29) is 11.8 Å². The maximum atomic E-state index is 12.3. The molecule has 2 N–H and O–H groups in total. The molecule has 1 aromatic carbocycles. The van der Waals surface area contributed by atoms with Crippen molar-refractivity contribution in [2.24, 2.45) is 11.8 Å². The lowest BCUT2D eigenvalue weighted by Crippen LogP contribution is -2.37. The molecule has 2 rings (SSSR count). The molecular formula is C19H30N2O2. The van der Waals surface area contributed by atoms with Crippen molar-refractivity contribution >= 4 is 5.91 Å². The molecule has 1 heterocycles. The Hall–Kier alpha value is -1.55. The van der Waals surface area contributed by atoms with Gasteiger partial charge in [-0.2, -0.15) is 0 Å². The number of benzene rings is 1. The van der Waals surface area contributed by atoms with Gasteiger partial charge in [-0.3, -0.25) is 4.79 Å². The first kappa shape index (κ1) is 17.8. The Labute approximate surface area is 140 Å². The summed E-state index contributed by atoms with van der Waals surface area (Å²) in [7, 11) is 0. The quantitative estimate of drug-likeness (QED) is 0.812. The number of aryl methyl sites for hydroxylation is 1. The van der Waals surface area contributed by atoms with Crippen LogP contribution in [0.4, 0.5) is 0 Å². The third-order valence-corrected chi connectivity index (χ3v) is 4.34. The van der Waals surface area contributed by atoms with Crippen LogP contribution in [0.2, 0.25) is 0 Å². The zero-order chi connectivity index (χ0) is 16.7. The van der Waals surface area contributed by atoms with E-state index in [1.165, 1.54) is 5.56 Å². The Morgan fingerprint density at radius 2 is 2.09 bits per heavy atom. The van der Waals surface area contributed by atoms with E-state index >= 15 is 0 Å². The van der Waals surface area contributed by atoms with E-state index in [1.807, 2.05) is 0 Å². The molecule has 0 spiro atoms. The number of piperidine rings is 1. The molecule has 0 unspecified atom stereocenters. The van der Waals surface area contributed by atoms with Crippen molar-refractivity contribution in [2.45, 2.75) is 46.6 Å². The van der Waals surface area contributed by atoms with E-state index in [2.05, 4.69) is 49.6 Å². The molecule has 0 radical (unpaired) electrons. The second-order valence-corrected chi connectivity index (χ2v) is 6.88. The van der Waals surface area contributed by atoms with Gasteiger partial charge >= 0.3 is 0 Å². The molecule has 1 amide bonds. The highest BCUT2D eigenvalue weighted by molar-refractivity contribution is 5.78. The topological polar surface area (TPSA) is 50.4 Å². The fourth-order valence-electron chi connectivity index (χ4n) is 2.76. The second-order valence-electron chi connectivity index (χ2n) is 6.88. The zero-order valence-electron chi connectivity index (χ0n) is 14.7. The van der Waals surface area contributed by atoms with Crippen molar-refractivity contribution in [1.82, 2.24) is 10.6 Å². The molecule has 4 heteroatoms. The Bertz CT molecular complexity index is 508. The van der Waals surface area contributed by atoms with Crippen LogP contribution >= 0.6 is 0 Å². The van der Waals surface area contributed by atoms with E-state index in [4.69, 9.17) is 4.74 Å². The lowest BCUT2D eigenvalue weighted by molar-refractivity contribution is -0.125. The van der Waals surface area contributed by atoms with E-state index in [0.717, 1.165) is 50.3 Å². The van der Waals surface area contributed by atoms with Gasteiger partial charge in [0, 0.05) is 18.0 Å². The third kappa shape index (κ3) is 5.87. The third-order valence-electron chi connectivity index (χ3n) is 4.34. The second kappa shape index (κ2) is 8.92. The molecule has 0 aliphatic carbocycles. The number of rotatable bonds is 7. The molecular weight excluding hydrogens is 288 g/mol. The van der Waals surface area contributed by atoms with Crippen LogP contribution in [0.3, 0.4) is 0 Å². The van der Waals surface area contributed by atoms with Gasteiger partial charge in [-0.25, -0.2) is 0 Å². The number of amides is 1. The van der Waals surface area contributed by atoms with Crippen LogP contribution in [0.1, 0.15) is 44.2 Å². The molecule has 4 nitrogen and oxygen atoms in total. The van der Waals surface area contributed by atoms with Crippen molar-refractivity contribution < 1.29 is 9.53 Å². The summed E-state index contributed by atoms with van der Waals surface area (Å²) in [6.45, 7) is 9.58. The van der Waals surface area contributed by atoms with Gasteiger partial charge in [0.1, 0.15) is 5.75 Å². The van der Waals surface area contributed by atoms with Crippen LogP contribution in [-0.2, 0) is 11.3 Å². The predicted molar refractivity (Wildman–Crippen MR) is 93.6 cm³/mol. The number of hydrogen-bond donors (Lipinski definition) is 2. The summed E-state index contributed by atoms with van der Waals surface area (Å²) < 4.78 is 5.95. The van der Waals surface area contributed by atoms with E-state index in [9.17, 15) is 4.79 Å². The van der Waals surface area contributed by atoms with Crippen LogP contribution in [0.25, 0.3) is 0 Å². The van der Waals surface area contributed by atoms with Gasteiger partial charge in [0.2, 0.25) is 5.91 Å². The lowest BCUT2D eigenvalue weighted by atomic mass is 9.97. The zero-order valence-corrected chi connectivity index (χ0v) is 14.7. The average Bonchev–Trinajstić information content (AvgIpc) is 2.54. The molecule has 1 saturated heterocycles. The maximum Gasteiger partial charge on any atom is 0.223 e. The summed E-state index contributed by atoms with van der Waals surface area (Å²) in [4.78, 5) is 12.3. The van der Waals surface area contributed by atoms with Gasteiger partial charge in [-0.1, -0.05) is 26.0 Å². The first-order valence-corrected chi connectivity index (χ1v) is 8.77. The minimum atomic E-state index is 0.145. The summed E-state index contributed by atoms with van der Waals surface area (Å²) in [6.07, 6.45) is 2.89. The summed E-state index contributed by atoms with van der Waals surface area (Å²) in [5.74, 6) is 1.84. The normalized spacial score (nSPS) is 15.7. The van der Waals surface area contributed by atoms with E-state index < -0.39 is 0 Å². The molecule has 23 heavy (non-hydrogen) atoms. The fourth-order valence-corrected chi connectivity index (χ4v) is 2.76. The van der Waals surface area contributed by atoms with E-state index in [0.29, 0.717) is 12.5 Å². The van der Waals surface area contributed by atoms with Gasteiger partial charge in [-0.15, -0.1) is 0 Å². The van der Waals surface area contributed by atoms with Crippen molar-refractivity contribution in [3.05, 3.63) is 29.3 Å². The summed E-state index contributed by atoms with van der Waals surface area (Å²) in [5.41, 5.74) is 2.24. The fraction of sp³-hybridized carbons (Fsp3) is 0.632. The molecule has 1 aliphatic heterocycles. The molecule has 0 saturated carbocycles. The van der Waals surface area contributed by atoms with Crippen molar-refractivity contribution in [1.29, 1.82) is 0 Å². The highest BCUT2D eigenvalue weighted by atomic mass is 16.5. The molecule has 0 atom stereocenters. The first-order valence-electron chi connectivity index (χ1n) is 8.77. The first-order chi connectivity index (χ1) is 11.1. The number of hydrogen-bond acceptors (Lipinski definition) is 3. The van der Waals surface area contributed by atoms with Crippen LogP contribution in [0, 0.1) is 18.8 Å². The SMILES string of the molecule is Cc1ccc(CNC(=O)C2CCNCC2)c(OCCC(C)C)c1. The molecule has 0 aromatic heterocycles. The minimum Gasteiger partial charge on any atom is -0.493 e. The van der Waals surface area contributed by atoms with Crippen LogP contribution in [-0.4, -0.2) is 25.6 Å². The molecule has 1 aliphatic rings. The number of nitrogens with one attached hydrogen (secondary N) is 2. The Balaban J connectivity index is 1.91. The number of ether oxygens (including phenoxy) is 1. The molecule has 0 bridgehead atoms. The summed E-state index contributed by atoms with van der Waals surface area (Å²) in [5, 5.41) is 6.37.